The van der Waals surface area contributed by atoms with Crippen LogP contribution < -0.4 is 11.1 Å². The van der Waals surface area contributed by atoms with Gasteiger partial charge in [0.2, 0.25) is 0 Å². The largest absolute Gasteiger partial charge is 0.370 e. The summed E-state index contributed by atoms with van der Waals surface area (Å²) in [5, 5.41) is 3.19. The van der Waals surface area contributed by atoms with Crippen molar-refractivity contribution < 1.29 is 0 Å². The molecule has 0 heterocycles. The van der Waals surface area contributed by atoms with Crippen LogP contribution in [0.25, 0.3) is 0 Å². The first kappa shape index (κ1) is 17.0. The first-order chi connectivity index (χ1) is 7.68. The molecule has 0 unspecified atom stereocenters. The minimum atomic E-state index is 0. The third-order valence-corrected chi connectivity index (χ3v) is 3.26. The Hall–Kier alpha value is 0. The number of unbranched alkanes of at least 4 members (excludes halogenated alkanes) is 1. The number of guanidine groups is 1. The van der Waals surface area contributed by atoms with Crippen LogP contribution in [0, 0.1) is 11.8 Å². The summed E-state index contributed by atoms with van der Waals surface area (Å²) < 4.78 is 0. The van der Waals surface area contributed by atoms with Gasteiger partial charge < -0.3 is 11.1 Å². The fourth-order valence-corrected chi connectivity index (χ4v) is 1.85. The molecule has 3 nitrogen and oxygen atoms in total. The Balaban J connectivity index is 0.00000256. The highest BCUT2D eigenvalue weighted by Crippen LogP contribution is 2.26. The number of rotatable bonds is 7. The molecule has 102 valence electrons. The van der Waals surface area contributed by atoms with E-state index >= 15 is 0 Å². The molecule has 0 atom stereocenters. The van der Waals surface area contributed by atoms with Gasteiger partial charge in [-0.15, -0.1) is 24.0 Å². The predicted octanol–water partition coefficient (Wildman–Crippen LogP) is 3.14. The van der Waals surface area contributed by atoms with E-state index in [2.05, 4.69) is 24.2 Å². The van der Waals surface area contributed by atoms with Crippen LogP contribution in [0.4, 0.5) is 0 Å². The van der Waals surface area contributed by atoms with E-state index in [0.29, 0.717) is 5.96 Å². The summed E-state index contributed by atoms with van der Waals surface area (Å²) in [4.78, 5) is 4.36. The van der Waals surface area contributed by atoms with Gasteiger partial charge in [-0.3, -0.25) is 4.99 Å². The molecule has 0 spiro atoms. The highest BCUT2D eigenvalue weighted by molar-refractivity contribution is 14.0. The molecule has 3 N–H and O–H groups in total. The second kappa shape index (κ2) is 9.97. The maximum atomic E-state index is 5.78. The zero-order valence-corrected chi connectivity index (χ0v) is 13.6. The second-order valence-electron chi connectivity index (χ2n) is 5.34. The van der Waals surface area contributed by atoms with E-state index in [4.69, 9.17) is 5.73 Å². The Morgan fingerprint density at radius 1 is 1.35 bits per heavy atom. The third kappa shape index (κ3) is 8.69. The van der Waals surface area contributed by atoms with Crippen molar-refractivity contribution in [3.05, 3.63) is 0 Å². The van der Waals surface area contributed by atoms with Gasteiger partial charge in [0.1, 0.15) is 0 Å². The number of hydrogen-bond donors (Lipinski definition) is 2. The van der Waals surface area contributed by atoms with Crippen LogP contribution in [0.3, 0.4) is 0 Å². The molecule has 0 radical (unpaired) electrons. The van der Waals surface area contributed by atoms with Gasteiger partial charge in [0.25, 0.3) is 0 Å². The van der Waals surface area contributed by atoms with Gasteiger partial charge in [-0.05, 0) is 31.1 Å². The van der Waals surface area contributed by atoms with E-state index in [1.807, 2.05) is 0 Å². The minimum absolute atomic E-state index is 0. The molecule has 4 heteroatoms. The van der Waals surface area contributed by atoms with Gasteiger partial charge >= 0.3 is 0 Å². The van der Waals surface area contributed by atoms with Crippen molar-refractivity contribution in [2.45, 2.75) is 52.4 Å². The smallest absolute Gasteiger partial charge is 0.188 e. The quantitative estimate of drug-likeness (QED) is 0.320. The van der Waals surface area contributed by atoms with Crippen LogP contribution in [0.1, 0.15) is 52.4 Å². The van der Waals surface area contributed by atoms with E-state index in [-0.39, 0.29) is 24.0 Å². The zero-order valence-electron chi connectivity index (χ0n) is 11.2. The van der Waals surface area contributed by atoms with Crippen LogP contribution in [0.15, 0.2) is 4.99 Å². The van der Waals surface area contributed by atoms with Crippen molar-refractivity contribution in [3.8, 4) is 0 Å². The summed E-state index contributed by atoms with van der Waals surface area (Å²) in [7, 11) is 0. The molecular weight excluding hydrogens is 325 g/mol. The number of hydrogen-bond acceptors (Lipinski definition) is 1. The number of halogens is 1. The lowest BCUT2D eigenvalue weighted by Gasteiger charge is -2.23. The van der Waals surface area contributed by atoms with Crippen molar-refractivity contribution in [3.63, 3.8) is 0 Å². The van der Waals surface area contributed by atoms with Crippen LogP contribution in [0.2, 0.25) is 0 Å². The molecule has 17 heavy (non-hydrogen) atoms. The van der Waals surface area contributed by atoms with Crippen molar-refractivity contribution in [1.82, 2.24) is 5.32 Å². The van der Waals surface area contributed by atoms with Gasteiger partial charge in [-0.1, -0.05) is 33.1 Å². The summed E-state index contributed by atoms with van der Waals surface area (Å²) in [6.45, 7) is 6.42. The molecule has 1 aliphatic rings. The van der Waals surface area contributed by atoms with E-state index in [1.54, 1.807) is 0 Å². The third-order valence-electron chi connectivity index (χ3n) is 3.26. The Morgan fingerprint density at radius 3 is 2.59 bits per heavy atom. The number of nitrogens with zero attached hydrogens (tertiary/aromatic N) is 1. The fourth-order valence-electron chi connectivity index (χ4n) is 1.85. The van der Waals surface area contributed by atoms with Crippen LogP contribution in [0.5, 0.6) is 0 Å². The minimum Gasteiger partial charge on any atom is -0.370 e. The van der Waals surface area contributed by atoms with Crippen molar-refractivity contribution in [1.29, 1.82) is 0 Å². The van der Waals surface area contributed by atoms with Gasteiger partial charge in [0.05, 0.1) is 0 Å². The van der Waals surface area contributed by atoms with E-state index < -0.39 is 0 Å². The highest BCUT2D eigenvalue weighted by Gasteiger charge is 2.16. The molecule has 0 aromatic heterocycles. The SMILES string of the molecule is CC(C)CCCCNC(N)=NCC1CCC1.I. The van der Waals surface area contributed by atoms with Crippen molar-refractivity contribution >= 4 is 29.9 Å². The fraction of sp³-hybridized carbons (Fsp3) is 0.923. The standard InChI is InChI=1S/C13H27N3.HI/c1-11(2)6-3-4-9-15-13(14)16-10-12-7-5-8-12;/h11-12H,3-10H2,1-2H3,(H3,14,15,16);1H. The van der Waals surface area contributed by atoms with Crippen LogP contribution in [-0.2, 0) is 0 Å². The van der Waals surface area contributed by atoms with Crippen molar-refractivity contribution in [2.24, 2.45) is 22.6 Å². The molecule has 0 amide bonds. The Bertz CT molecular complexity index is 213. The average molecular weight is 353 g/mol. The summed E-state index contributed by atoms with van der Waals surface area (Å²) >= 11 is 0. The van der Waals surface area contributed by atoms with E-state index in [1.165, 1.54) is 38.5 Å². The van der Waals surface area contributed by atoms with E-state index in [9.17, 15) is 0 Å². The number of nitrogens with two attached hydrogens (primary N) is 1. The topological polar surface area (TPSA) is 50.4 Å². The maximum Gasteiger partial charge on any atom is 0.188 e. The lowest BCUT2D eigenvalue weighted by molar-refractivity contribution is 0.326. The Morgan fingerprint density at radius 2 is 2.06 bits per heavy atom. The van der Waals surface area contributed by atoms with Gasteiger partial charge in [0, 0.05) is 13.1 Å². The molecule has 0 saturated heterocycles. The van der Waals surface area contributed by atoms with Crippen LogP contribution >= 0.6 is 24.0 Å². The van der Waals surface area contributed by atoms with Gasteiger partial charge in [0.15, 0.2) is 5.96 Å². The summed E-state index contributed by atoms with van der Waals surface area (Å²) in [6.07, 6.45) is 7.83. The molecule has 0 aliphatic heterocycles. The number of aliphatic imine (C=N–C) groups is 1. The first-order valence-corrected chi connectivity index (χ1v) is 6.72. The molecule has 0 bridgehead atoms. The van der Waals surface area contributed by atoms with Gasteiger partial charge in [-0.2, -0.15) is 0 Å². The molecule has 1 aliphatic carbocycles. The summed E-state index contributed by atoms with van der Waals surface area (Å²) in [5.74, 6) is 2.25. The van der Waals surface area contributed by atoms with Crippen molar-refractivity contribution in [2.75, 3.05) is 13.1 Å². The molecular formula is C13H28IN3. The molecule has 0 aromatic rings. The van der Waals surface area contributed by atoms with Crippen LogP contribution in [-0.4, -0.2) is 19.0 Å². The average Bonchev–Trinajstić information content (AvgIpc) is 2.14. The second-order valence-corrected chi connectivity index (χ2v) is 5.34. The van der Waals surface area contributed by atoms with E-state index in [0.717, 1.165) is 24.9 Å². The maximum absolute atomic E-state index is 5.78. The first-order valence-electron chi connectivity index (χ1n) is 6.72. The molecule has 1 fully saturated rings. The molecule has 1 saturated carbocycles. The lowest BCUT2D eigenvalue weighted by atomic mass is 9.86. The molecule has 1 rings (SSSR count). The lowest BCUT2D eigenvalue weighted by Crippen LogP contribution is -2.33. The highest BCUT2D eigenvalue weighted by atomic mass is 127. The summed E-state index contributed by atoms with van der Waals surface area (Å²) in [5.41, 5.74) is 5.78. The molecule has 0 aromatic carbocycles. The predicted molar refractivity (Wildman–Crippen MR) is 85.9 cm³/mol. The Labute approximate surface area is 123 Å². The van der Waals surface area contributed by atoms with Gasteiger partial charge in [-0.25, -0.2) is 0 Å². The Kier molecular flexibility index (Phi) is 9.97. The zero-order chi connectivity index (χ0) is 11.8. The normalized spacial score (nSPS) is 16.5. The monoisotopic (exact) mass is 353 g/mol. The summed E-state index contributed by atoms with van der Waals surface area (Å²) in [6, 6.07) is 0. The number of nitrogens with one attached hydrogen (secondary N) is 1.